The first-order chi connectivity index (χ1) is 14.9. The zero-order valence-electron chi connectivity index (χ0n) is 19.9. The summed E-state index contributed by atoms with van der Waals surface area (Å²) < 4.78 is 1.94. The Morgan fingerprint density at radius 3 is 2.66 bits per heavy atom. The first-order valence-corrected chi connectivity index (χ1v) is 11.3. The van der Waals surface area contributed by atoms with Gasteiger partial charge >= 0.3 is 0 Å². The van der Waals surface area contributed by atoms with E-state index in [9.17, 15) is 4.79 Å². The molecule has 176 valence electrons. The molecule has 1 aromatic carbocycles. The van der Waals surface area contributed by atoms with Gasteiger partial charge in [0.25, 0.3) is 0 Å². The molecule has 1 fully saturated rings. The number of guanidine groups is 1. The summed E-state index contributed by atoms with van der Waals surface area (Å²) in [6.07, 6.45) is 2.55. The third-order valence-electron chi connectivity index (χ3n) is 5.85. The molecule has 3 rings (SSSR count). The maximum atomic E-state index is 11.9. The van der Waals surface area contributed by atoms with E-state index in [-0.39, 0.29) is 35.9 Å². The number of likely N-dealkylation sites (tertiary alicyclic amines) is 1. The van der Waals surface area contributed by atoms with Crippen molar-refractivity contribution in [3.8, 4) is 0 Å². The van der Waals surface area contributed by atoms with E-state index in [1.807, 2.05) is 16.6 Å². The van der Waals surface area contributed by atoms with Crippen molar-refractivity contribution in [1.82, 2.24) is 25.3 Å². The van der Waals surface area contributed by atoms with Crippen LogP contribution in [0.4, 0.5) is 0 Å². The number of aliphatic imine (C=N–C) groups is 1. The maximum absolute atomic E-state index is 11.9. The Kier molecular flexibility index (Phi) is 9.99. The molecule has 0 bridgehead atoms. The first-order valence-electron chi connectivity index (χ1n) is 11.3. The number of benzene rings is 1. The molecule has 1 aliphatic rings. The predicted octanol–water partition coefficient (Wildman–Crippen LogP) is 3.46. The van der Waals surface area contributed by atoms with E-state index >= 15 is 0 Å². The van der Waals surface area contributed by atoms with Crippen LogP contribution in [0, 0.1) is 13.8 Å². The number of carbonyl (C=O) groups excluding carboxylic acids is 1. The SMILES string of the molecule is CCNC(=NCc1cccc(CN2CCCC2=O)c1)NC(C)Cc1c(C)nn(C)c1C.I. The fraction of sp³-hybridized carbons (Fsp3) is 0.542. The van der Waals surface area contributed by atoms with Crippen LogP contribution in [0.5, 0.6) is 0 Å². The van der Waals surface area contributed by atoms with Gasteiger partial charge in [-0.3, -0.25) is 9.48 Å². The van der Waals surface area contributed by atoms with Crippen molar-refractivity contribution in [3.63, 3.8) is 0 Å². The maximum Gasteiger partial charge on any atom is 0.222 e. The summed E-state index contributed by atoms with van der Waals surface area (Å²) in [6, 6.07) is 8.62. The largest absolute Gasteiger partial charge is 0.357 e. The fourth-order valence-corrected chi connectivity index (χ4v) is 4.11. The molecule has 7 nitrogen and oxygen atoms in total. The lowest BCUT2D eigenvalue weighted by molar-refractivity contribution is -0.128. The van der Waals surface area contributed by atoms with E-state index in [1.54, 1.807) is 0 Å². The van der Waals surface area contributed by atoms with E-state index in [4.69, 9.17) is 4.99 Å². The number of hydrogen-bond donors (Lipinski definition) is 2. The smallest absolute Gasteiger partial charge is 0.222 e. The Bertz CT molecular complexity index is 939. The van der Waals surface area contributed by atoms with Crippen LogP contribution in [0.3, 0.4) is 0 Å². The van der Waals surface area contributed by atoms with Crippen molar-refractivity contribution < 1.29 is 4.79 Å². The Hall–Kier alpha value is -2.10. The third kappa shape index (κ3) is 6.95. The highest BCUT2D eigenvalue weighted by atomic mass is 127. The minimum absolute atomic E-state index is 0. The van der Waals surface area contributed by atoms with Gasteiger partial charge in [0.1, 0.15) is 0 Å². The van der Waals surface area contributed by atoms with Gasteiger partial charge in [-0.15, -0.1) is 24.0 Å². The van der Waals surface area contributed by atoms with Gasteiger partial charge in [0.05, 0.1) is 12.2 Å². The minimum Gasteiger partial charge on any atom is -0.357 e. The second kappa shape index (κ2) is 12.2. The van der Waals surface area contributed by atoms with Gasteiger partial charge in [-0.2, -0.15) is 5.10 Å². The van der Waals surface area contributed by atoms with Crippen LogP contribution in [-0.2, 0) is 31.4 Å². The van der Waals surface area contributed by atoms with Crippen molar-refractivity contribution >= 4 is 35.8 Å². The highest BCUT2D eigenvalue weighted by molar-refractivity contribution is 14.0. The Morgan fingerprint density at radius 1 is 1.28 bits per heavy atom. The summed E-state index contributed by atoms with van der Waals surface area (Å²) in [6.45, 7) is 11.4. The fourth-order valence-electron chi connectivity index (χ4n) is 4.11. The molecular weight excluding hydrogens is 515 g/mol. The molecule has 0 aliphatic carbocycles. The molecule has 1 amide bonds. The molecule has 1 unspecified atom stereocenters. The summed E-state index contributed by atoms with van der Waals surface area (Å²) in [4.78, 5) is 18.6. The number of rotatable bonds is 8. The number of aromatic nitrogens is 2. The molecule has 0 saturated carbocycles. The van der Waals surface area contributed by atoms with Gasteiger partial charge < -0.3 is 15.5 Å². The molecular formula is C24H37IN6O. The molecule has 1 aliphatic heterocycles. The molecule has 0 radical (unpaired) electrons. The molecule has 2 aromatic rings. The lowest BCUT2D eigenvalue weighted by Gasteiger charge is -2.18. The second-order valence-electron chi connectivity index (χ2n) is 8.46. The van der Waals surface area contributed by atoms with Crippen LogP contribution < -0.4 is 10.6 Å². The number of amides is 1. The highest BCUT2D eigenvalue weighted by Gasteiger charge is 2.20. The number of aryl methyl sites for hydroxylation is 2. The second-order valence-corrected chi connectivity index (χ2v) is 8.46. The van der Waals surface area contributed by atoms with Crippen LogP contribution in [0.1, 0.15) is 54.8 Å². The minimum atomic E-state index is 0. The van der Waals surface area contributed by atoms with E-state index in [2.05, 4.69) is 67.7 Å². The van der Waals surface area contributed by atoms with Gasteiger partial charge in [0, 0.05) is 44.8 Å². The average Bonchev–Trinajstić information content (AvgIpc) is 3.24. The Balaban J connectivity index is 0.00000363. The number of nitrogens with zero attached hydrogens (tertiary/aromatic N) is 4. The lowest BCUT2D eigenvalue weighted by Crippen LogP contribution is -2.43. The third-order valence-corrected chi connectivity index (χ3v) is 5.85. The van der Waals surface area contributed by atoms with Gasteiger partial charge in [-0.25, -0.2) is 4.99 Å². The normalized spacial score (nSPS) is 15.0. The van der Waals surface area contributed by atoms with Gasteiger partial charge in [0.15, 0.2) is 5.96 Å². The molecule has 1 saturated heterocycles. The van der Waals surface area contributed by atoms with E-state index < -0.39 is 0 Å². The molecule has 2 N–H and O–H groups in total. The van der Waals surface area contributed by atoms with E-state index in [0.717, 1.165) is 48.7 Å². The number of hydrogen-bond acceptors (Lipinski definition) is 3. The summed E-state index contributed by atoms with van der Waals surface area (Å²) >= 11 is 0. The van der Waals surface area contributed by atoms with Crippen LogP contribution >= 0.6 is 24.0 Å². The van der Waals surface area contributed by atoms with Crippen molar-refractivity contribution in [2.75, 3.05) is 13.1 Å². The molecule has 1 aromatic heterocycles. The molecule has 32 heavy (non-hydrogen) atoms. The summed E-state index contributed by atoms with van der Waals surface area (Å²) in [5, 5.41) is 11.4. The van der Waals surface area contributed by atoms with Gasteiger partial charge in [0.2, 0.25) is 5.91 Å². The number of nitrogens with one attached hydrogen (secondary N) is 2. The van der Waals surface area contributed by atoms with E-state index in [0.29, 0.717) is 19.5 Å². The van der Waals surface area contributed by atoms with Crippen molar-refractivity contribution in [3.05, 3.63) is 52.3 Å². The predicted molar refractivity (Wildman–Crippen MR) is 140 cm³/mol. The summed E-state index contributed by atoms with van der Waals surface area (Å²) in [7, 11) is 1.99. The topological polar surface area (TPSA) is 74.6 Å². The van der Waals surface area contributed by atoms with Gasteiger partial charge in [-0.05, 0) is 57.2 Å². The Labute approximate surface area is 209 Å². The molecule has 1 atom stereocenters. The number of halogens is 1. The van der Waals surface area contributed by atoms with Crippen LogP contribution in [0.25, 0.3) is 0 Å². The quantitative estimate of drug-likeness (QED) is 0.299. The first kappa shape index (κ1) is 26.2. The zero-order chi connectivity index (χ0) is 22.4. The summed E-state index contributed by atoms with van der Waals surface area (Å²) in [5.41, 5.74) is 5.90. The standard InChI is InChI=1S/C24H36N6O.HI/c1-6-25-24(27-17(2)13-22-18(3)28-29(5)19(22)4)26-15-20-9-7-10-21(14-20)16-30-12-8-11-23(30)31;/h7,9-10,14,17H,6,8,11-13,15-16H2,1-5H3,(H2,25,26,27);1H. The molecule has 8 heteroatoms. The van der Waals surface area contributed by atoms with Crippen LogP contribution in [0.2, 0.25) is 0 Å². The monoisotopic (exact) mass is 552 g/mol. The molecule has 0 spiro atoms. The van der Waals surface area contributed by atoms with Crippen LogP contribution in [0.15, 0.2) is 29.3 Å². The average molecular weight is 553 g/mol. The highest BCUT2D eigenvalue weighted by Crippen LogP contribution is 2.16. The Morgan fingerprint density at radius 2 is 2.03 bits per heavy atom. The zero-order valence-corrected chi connectivity index (χ0v) is 22.3. The molecule has 2 heterocycles. The number of carbonyl (C=O) groups is 1. The van der Waals surface area contributed by atoms with E-state index in [1.165, 1.54) is 11.3 Å². The summed E-state index contributed by atoms with van der Waals surface area (Å²) in [5.74, 6) is 1.07. The van der Waals surface area contributed by atoms with Gasteiger partial charge in [-0.1, -0.05) is 24.3 Å². The van der Waals surface area contributed by atoms with Crippen molar-refractivity contribution in [2.24, 2.45) is 12.0 Å². The van der Waals surface area contributed by atoms with Crippen LogP contribution in [-0.4, -0.2) is 45.7 Å². The lowest BCUT2D eigenvalue weighted by atomic mass is 10.1. The van der Waals surface area contributed by atoms with Crippen molar-refractivity contribution in [2.45, 2.75) is 66.1 Å². The van der Waals surface area contributed by atoms with Crippen molar-refractivity contribution in [1.29, 1.82) is 0 Å².